The van der Waals surface area contributed by atoms with Crippen LogP contribution in [-0.4, -0.2) is 37.7 Å². The van der Waals surface area contributed by atoms with Gasteiger partial charge in [-0.05, 0) is 0 Å². The van der Waals surface area contributed by atoms with Crippen LogP contribution in [0.5, 0.6) is 0 Å². The van der Waals surface area contributed by atoms with Crippen LogP contribution in [0.25, 0.3) is 0 Å². The van der Waals surface area contributed by atoms with Crippen molar-refractivity contribution in [3.05, 3.63) is 0 Å². The van der Waals surface area contributed by atoms with Crippen molar-refractivity contribution in [2.24, 2.45) is 0 Å². The average Bonchev–Trinajstić information content (AvgIpc) is 2.58. The molecule has 66 valence electrons. The van der Waals surface area contributed by atoms with Gasteiger partial charge in [0.1, 0.15) is 13.2 Å². The van der Waals surface area contributed by atoms with Crippen LogP contribution < -0.4 is 0 Å². The van der Waals surface area contributed by atoms with Gasteiger partial charge in [-0.25, -0.2) is 9.59 Å². The zero-order valence-electron chi connectivity index (χ0n) is 6.02. The molecular weight excluding hydrogens is 168 g/mol. The summed E-state index contributed by atoms with van der Waals surface area (Å²) in [5.74, 6) is 0. The van der Waals surface area contributed by atoms with Gasteiger partial charge in [0.2, 0.25) is 0 Å². The van der Waals surface area contributed by atoms with Gasteiger partial charge in [0.15, 0.2) is 12.2 Å². The summed E-state index contributed by atoms with van der Waals surface area (Å²) >= 11 is 0. The molecule has 2 fully saturated rings. The molecule has 6 nitrogen and oxygen atoms in total. The number of cyclic esters (lactones) is 4. The molecule has 2 rings (SSSR count). The highest BCUT2D eigenvalue weighted by atomic mass is 16.8. The molecule has 0 aromatic carbocycles. The van der Waals surface area contributed by atoms with Gasteiger partial charge in [-0.1, -0.05) is 0 Å². The number of ether oxygens (including phenoxy) is 4. The lowest BCUT2D eigenvalue weighted by molar-refractivity contribution is 0.0434. The first-order chi connectivity index (χ1) is 5.75. The van der Waals surface area contributed by atoms with Gasteiger partial charge in [-0.2, -0.15) is 0 Å². The predicted molar refractivity (Wildman–Crippen MR) is 32.4 cm³/mol. The van der Waals surface area contributed by atoms with Crippen LogP contribution in [0, 0.1) is 0 Å². The van der Waals surface area contributed by atoms with Gasteiger partial charge in [-0.15, -0.1) is 0 Å². The normalized spacial score (nSPS) is 33.7. The summed E-state index contributed by atoms with van der Waals surface area (Å²) in [4.78, 5) is 20.9. The lowest BCUT2D eigenvalue weighted by Crippen LogP contribution is -2.30. The molecule has 6 heteroatoms. The largest absolute Gasteiger partial charge is 0.508 e. The third kappa shape index (κ3) is 1.15. The van der Waals surface area contributed by atoms with Crippen molar-refractivity contribution in [1.82, 2.24) is 0 Å². The van der Waals surface area contributed by atoms with E-state index in [0.717, 1.165) is 0 Å². The lowest BCUT2D eigenvalue weighted by atomic mass is 10.2. The second-order valence-corrected chi connectivity index (χ2v) is 2.43. The summed E-state index contributed by atoms with van der Waals surface area (Å²) in [6, 6.07) is 0. The van der Waals surface area contributed by atoms with E-state index >= 15 is 0 Å². The van der Waals surface area contributed by atoms with E-state index < -0.39 is 24.5 Å². The summed E-state index contributed by atoms with van der Waals surface area (Å²) in [5, 5.41) is 0. The Kier molecular flexibility index (Phi) is 1.53. The fraction of sp³-hybridized carbons (Fsp3) is 0.667. The van der Waals surface area contributed by atoms with Crippen LogP contribution in [0.2, 0.25) is 0 Å². The monoisotopic (exact) mass is 174 g/mol. The van der Waals surface area contributed by atoms with Crippen LogP contribution in [0.15, 0.2) is 0 Å². The van der Waals surface area contributed by atoms with E-state index in [-0.39, 0.29) is 13.2 Å². The highest BCUT2D eigenvalue weighted by Gasteiger charge is 2.39. The van der Waals surface area contributed by atoms with Crippen LogP contribution >= 0.6 is 0 Å². The van der Waals surface area contributed by atoms with Crippen molar-refractivity contribution in [2.45, 2.75) is 12.2 Å². The van der Waals surface area contributed by atoms with E-state index in [9.17, 15) is 9.59 Å². The molecule has 0 aromatic rings. The molecule has 0 N–H and O–H groups in total. The van der Waals surface area contributed by atoms with Gasteiger partial charge in [0, 0.05) is 0 Å². The van der Waals surface area contributed by atoms with E-state index in [0.29, 0.717) is 0 Å². The highest BCUT2D eigenvalue weighted by Crippen LogP contribution is 2.17. The molecule has 0 spiro atoms. The average molecular weight is 174 g/mol. The van der Waals surface area contributed by atoms with E-state index in [1.54, 1.807) is 0 Å². The Balaban J connectivity index is 1.93. The molecule has 2 saturated heterocycles. The smallest absolute Gasteiger partial charge is 0.430 e. The van der Waals surface area contributed by atoms with Crippen LogP contribution in [0.3, 0.4) is 0 Å². The van der Waals surface area contributed by atoms with Crippen molar-refractivity contribution >= 4 is 12.3 Å². The first kappa shape index (κ1) is 7.20. The number of carbonyl (C=O) groups excluding carboxylic acids is 2. The zero-order chi connectivity index (χ0) is 8.55. The van der Waals surface area contributed by atoms with Crippen molar-refractivity contribution in [3.63, 3.8) is 0 Å². The third-order valence-electron chi connectivity index (χ3n) is 1.64. The van der Waals surface area contributed by atoms with Crippen molar-refractivity contribution in [3.8, 4) is 0 Å². The van der Waals surface area contributed by atoms with Gasteiger partial charge in [-0.3, -0.25) is 0 Å². The summed E-state index contributed by atoms with van der Waals surface area (Å²) < 4.78 is 18.4. The molecule has 2 aliphatic heterocycles. The van der Waals surface area contributed by atoms with E-state index in [4.69, 9.17) is 0 Å². The Hall–Kier alpha value is -1.46. The second kappa shape index (κ2) is 2.54. The van der Waals surface area contributed by atoms with Crippen molar-refractivity contribution in [2.75, 3.05) is 13.2 Å². The second-order valence-electron chi connectivity index (χ2n) is 2.43. The highest BCUT2D eigenvalue weighted by molar-refractivity contribution is 5.64. The first-order valence-electron chi connectivity index (χ1n) is 3.42. The van der Waals surface area contributed by atoms with E-state index in [1.165, 1.54) is 0 Å². The van der Waals surface area contributed by atoms with Crippen molar-refractivity contribution in [1.29, 1.82) is 0 Å². The van der Waals surface area contributed by atoms with Crippen LogP contribution in [0.1, 0.15) is 0 Å². The zero-order valence-corrected chi connectivity index (χ0v) is 6.02. The Bertz CT molecular complexity index is 200. The first-order valence-corrected chi connectivity index (χ1v) is 3.42. The predicted octanol–water partition coefficient (Wildman–Crippen LogP) is 0.0572. The molecule has 0 radical (unpaired) electrons. The van der Waals surface area contributed by atoms with Gasteiger partial charge in [0.05, 0.1) is 0 Å². The lowest BCUT2D eigenvalue weighted by Gasteiger charge is -2.09. The summed E-state index contributed by atoms with van der Waals surface area (Å²) in [5.41, 5.74) is 0. The molecule has 1 unspecified atom stereocenters. The fourth-order valence-electron chi connectivity index (χ4n) is 1.05. The third-order valence-corrected chi connectivity index (χ3v) is 1.64. The molecule has 2 aliphatic rings. The van der Waals surface area contributed by atoms with E-state index in [1.807, 2.05) is 0 Å². The number of carbonyl (C=O) groups is 2. The molecule has 2 atom stereocenters. The Morgan fingerprint density at radius 1 is 0.917 bits per heavy atom. The maximum atomic E-state index is 10.5. The summed E-state index contributed by atoms with van der Waals surface area (Å²) in [7, 11) is 0. The minimum absolute atomic E-state index is 0.111. The fourth-order valence-corrected chi connectivity index (χ4v) is 1.05. The molecular formula is C6H6O6. The molecule has 2 heterocycles. The Morgan fingerprint density at radius 3 is 1.58 bits per heavy atom. The Morgan fingerprint density at radius 2 is 1.33 bits per heavy atom. The minimum atomic E-state index is -0.733. The van der Waals surface area contributed by atoms with E-state index in [2.05, 4.69) is 18.9 Å². The molecule has 0 saturated carbocycles. The summed E-state index contributed by atoms with van der Waals surface area (Å²) in [6.07, 6.45) is -2.52. The molecule has 0 aliphatic carbocycles. The maximum absolute atomic E-state index is 10.5. The standard InChI is InChI=1S/C6H6O6/c7-5-9-1-3(11-5)4-2-10-6(8)12-4/h3-4H,1-2H2/t3-,4?/m0/s1. The van der Waals surface area contributed by atoms with Crippen LogP contribution in [-0.2, 0) is 18.9 Å². The van der Waals surface area contributed by atoms with Gasteiger partial charge >= 0.3 is 12.3 Å². The molecule has 0 amide bonds. The van der Waals surface area contributed by atoms with Crippen molar-refractivity contribution < 1.29 is 28.5 Å². The molecule has 12 heavy (non-hydrogen) atoms. The minimum Gasteiger partial charge on any atom is -0.430 e. The van der Waals surface area contributed by atoms with Gasteiger partial charge < -0.3 is 18.9 Å². The Labute approximate surface area is 67.3 Å². The molecule has 0 bridgehead atoms. The molecule has 0 aromatic heterocycles. The number of rotatable bonds is 1. The van der Waals surface area contributed by atoms with Gasteiger partial charge in [0.25, 0.3) is 0 Å². The SMILES string of the molecule is O=C1OCC([C@@H]2COC(=O)O2)O1. The number of hydrogen-bond acceptors (Lipinski definition) is 6. The topological polar surface area (TPSA) is 71.1 Å². The summed E-state index contributed by atoms with van der Waals surface area (Å²) in [6.45, 7) is 0.223. The van der Waals surface area contributed by atoms with Crippen LogP contribution in [0.4, 0.5) is 9.59 Å². The maximum Gasteiger partial charge on any atom is 0.508 e. The number of hydrogen-bond donors (Lipinski definition) is 0. The quantitative estimate of drug-likeness (QED) is 0.523.